The number of benzene rings is 1. The van der Waals surface area contributed by atoms with Crippen LogP contribution in [0.4, 0.5) is 10.2 Å². The summed E-state index contributed by atoms with van der Waals surface area (Å²) in [6.07, 6.45) is 1.62. The summed E-state index contributed by atoms with van der Waals surface area (Å²) in [6.45, 7) is 1.30. The highest BCUT2D eigenvalue weighted by Gasteiger charge is 2.29. The first-order valence-corrected chi connectivity index (χ1v) is 12.2. The minimum atomic E-state index is -0.558. The molecule has 0 bridgehead atoms. The lowest BCUT2D eigenvalue weighted by Gasteiger charge is -2.40. The van der Waals surface area contributed by atoms with Crippen LogP contribution in [0.5, 0.6) is 0 Å². The highest BCUT2D eigenvalue weighted by molar-refractivity contribution is 5.93. The number of nitriles is 1. The Bertz CT molecular complexity index is 1500. The summed E-state index contributed by atoms with van der Waals surface area (Å²) in [6, 6.07) is 15.5. The second kappa shape index (κ2) is 10.9. The van der Waals surface area contributed by atoms with Crippen LogP contribution in [0.2, 0.25) is 0 Å². The van der Waals surface area contributed by atoms with Gasteiger partial charge in [-0.15, -0.1) is 0 Å². The highest BCUT2D eigenvalue weighted by Crippen LogP contribution is 2.27. The number of anilines is 1. The van der Waals surface area contributed by atoms with E-state index in [9.17, 15) is 14.3 Å². The van der Waals surface area contributed by atoms with Gasteiger partial charge in [-0.25, -0.2) is 9.37 Å². The Hall–Kier alpha value is -4.40. The summed E-state index contributed by atoms with van der Waals surface area (Å²) in [4.78, 5) is 26.1. The predicted octanol–water partition coefficient (Wildman–Crippen LogP) is 2.18. The van der Waals surface area contributed by atoms with E-state index < -0.39 is 12.7 Å². The fraction of sp³-hybridized carbons (Fsp3) is 0.296. The minimum absolute atomic E-state index is 0.174. The van der Waals surface area contributed by atoms with E-state index >= 15 is 0 Å². The van der Waals surface area contributed by atoms with Crippen LogP contribution in [0, 0.1) is 11.3 Å². The molecule has 194 valence electrons. The van der Waals surface area contributed by atoms with Gasteiger partial charge in [-0.05, 0) is 30.8 Å². The van der Waals surface area contributed by atoms with Crippen LogP contribution in [0.15, 0.2) is 54.7 Å². The van der Waals surface area contributed by atoms with Gasteiger partial charge in [-0.2, -0.15) is 14.9 Å². The molecule has 1 saturated heterocycles. The molecule has 1 aliphatic heterocycles. The number of aliphatic hydroxyl groups excluding tert-OH is 1. The van der Waals surface area contributed by atoms with Crippen molar-refractivity contribution in [3.8, 4) is 17.5 Å². The molecule has 1 amide bonds. The molecule has 0 aliphatic carbocycles. The van der Waals surface area contributed by atoms with Gasteiger partial charge in [0.15, 0.2) is 5.65 Å². The molecule has 38 heavy (non-hydrogen) atoms. The Kier molecular flexibility index (Phi) is 7.26. The van der Waals surface area contributed by atoms with Crippen LogP contribution in [0.3, 0.4) is 0 Å². The normalized spacial score (nSPS) is 15.9. The quantitative estimate of drug-likeness (QED) is 0.385. The van der Waals surface area contributed by atoms with Crippen LogP contribution in [0.1, 0.15) is 27.2 Å². The largest absolute Gasteiger partial charge is 0.392 e. The van der Waals surface area contributed by atoms with Gasteiger partial charge >= 0.3 is 0 Å². The summed E-state index contributed by atoms with van der Waals surface area (Å²) in [5, 5.41) is 26.4. The van der Waals surface area contributed by atoms with E-state index in [-0.39, 0.29) is 24.8 Å². The zero-order valence-corrected chi connectivity index (χ0v) is 20.9. The van der Waals surface area contributed by atoms with E-state index in [1.807, 2.05) is 11.9 Å². The number of carbonyl (C=O) groups is 1. The molecule has 0 unspecified atom stereocenters. The number of likely N-dealkylation sites (N-methyl/N-ethyl adjacent to an activating group) is 1. The van der Waals surface area contributed by atoms with Crippen molar-refractivity contribution in [2.24, 2.45) is 0 Å². The molecule has 0 radical (unpaired) electrons. The van der Waals surface area contributed by atoms with E-state index in [4.69, 9.17) is 10.4 Å². The van der Waals surface area contributed by atoms with Crippen LogP contribution >= 0.6 is 0 Å². The average Bonchev–Trinajstić information content (AvgIpc) is 3.40. The maximum absolute atomic E-state index is 14.1. The molecule has 11 heteroatoms. The van der Waals surface area contributed by atoms with Gasteiger partial charge in [0.05, 0.1) is 30.0 Å². The number of amides is 1. The third-order valence-electron chi connectivity index (χ3n) is 6.64. The summed E-state index contributed by atoms with van der Waals surface area (Å²) >= 11 is 0. The van der Waals surface area contributed by atoms with Gasteiger partial charge in [0, 0.05) is 50.1 Å². The number of aromatic nitrogens is 4. The Balaban J connectivity index is 1.54. The van der Waals surface area contributed by atoms with Crippen LogP contribution < -0.4 is 10.2 Å². The summed E-state index contributed by atoms with van der Waals surface area (Å²) in [7, 11) is 1.95. The SMILES string of the molecule is CN1CCN(c2cc(C(=O)NCc3ccc(C#N)cc3)nc3cc(-c4ncccc4CO)nn23)[C@H](CF)C1. The number of nitrogens with one attached hydrogen (secondary N) is 1. The zero-order valence-electron chi connectivity index (χ0n) is 20.9. The number of hydrogen-bond acceptors (Lipinski definition) is 8. The number of aliphatic hydroxyl groups is 1. The number of carbonyl (C=O) groups excluding carboxylic acids is 1. The van der Waals surface area contributed by atoms with E-state index in [1.54, 1.807) is 59.2 Å². The first kappa shape index (κ1) is 25.3. The van der Waals surface area contributed by atoms with Gasteiger partial charge in [-0.3, -0.25) is 9.78 Å². The Morgan fingerprint density at radius 2 is 2.05 bits per heavy atom. The van der Waals surface area contributed by atoms with Gasteiger partial charge < -0.3 is 20.2 Å². The number of pyridine rings is 1. The monoisotopic (exact) mass is 514 g/mol. The molecule has 1 aromatic carbocycles. The Morgan fingerprint density at radius 3 is 2.79 bits per heavy atom. The second-order valence-electron chi connectivity index (χ2n) is 9.22. The molecule has 2 N–H and O–H groups in total. The van der Waals surface area contributed by atoms with Gasteiger partial charge in [-0.1, -0.05) is 18.2 Å². The molecule has 4 aromatic rings. The summed E-state index contributed by atoms with van der Waals surface area (Å²) < 4.78 is 15.7. The average molecular weight is 515 g/mol. The molecule has 4 heterocycles. The molecular weight excluding hydrogens is 487 g/mol. The van der Waals surface area contributed by atoms with Crippen molar-refractivity contribution < 1.29 is 14.3 Å². The molecule has 3 aromatic heterocycles. The van der Waals surface area contributed by atoms with Gasteiger partial charge in [0.2, 0.25) is 0 Å². The maximum Gasteiger partial charge on any atom is 0.270 e. The molecule has 1 atom stereocenters. The summed E-state index contributed by atoms with van der Waals surface area (Å²) in [5.41, 5.74) is 3.58. The summed E-state index contributed by atoms with van der Waals surface area (Å²) in [5.74, 6) is 0.169. The van der Waals surface area contributed by atoms with Crippen molar-refractivity contribution >= 4 is 17.4 Å². The van der Waals surface area contributed by atoms with Crippen molar-refractivity contribution in [2.75, 3.05) is 38.3 Å². The number of fused-ring (bicyclic) bond motifs is 1. The number of piperazine rings is 1. The predicted molar refractivity (Wildman–Crippen MR) is 139 cm³/mol. The molecule has 0 spiro atoms. The topological polar surface area (TPSA) is 123 Å². The van der Waals surface area contributed by atoms with Crippen molar-refractivity contribution in [3.05, 3.63) is 77.1 Å². The number of alkyl halides is 1. The fourth-order valence-electron chi connectivity index (χ4n) is 4.61. The van der Waals surface area contributed by atoms with Gasteiger partial charge in [0.1, 0.15) is 23.9 Å². The maximum atomic E-state index is 14.1. The second-order valence-corrected chi connectivity index (χ2v) is 9.22. The van der Waals surface area contributed by atoms with E-state index in [0.29, 0.717) is 47.1 Å². The van der Waals surface area contributed by atoms with Crippen LogP contribution in [0.25, 0.3) is 17.0 Å². The first-order chi connectivity index (χ1) is 18.5. The Labute approximate surface area is 219 Å². The van der Waals surface area contributed by atoms with Crippen molar-refractivity contribution in [1.29, 1.82) is 5.26 Å². The lowest BCUT2D eigenvalue weighted by atomic mass is 10.1. The molecule has 1 fully saturated rings. The third-order valence-corrected chi connectivity index (χ3v) is 6.64. The first-order valence-electron chi connectivity index (χ1n) is 12.2. The van der Waals surface area contributed by atoms with Gasteiger partial charge in [0.25, 0.3) is 5.91 Å². The smallest absolute Gasteiger partial charge is 0.270 e. The number of halogens is 1. The van der Waals surface area contributed by atoms with Crippen molar-refractivity contribution in [1.82, 2.24) is 29.8 Å². The van der Waals surface area contributed by atoms with E-state index in [0.717, 1.165) is 12.1 Å². The fourth-order valence-corrected chi connectivity index (χ4v) is 4.61. The molecule has 0 saturated carbocycles. The van der Waals surface area contributed by atoms with E-state index in [1.165, 1.54) is 0 Å². The highest BCUT2D eigenvalue weighted by atomic mass is 19.1. The molecule has 1 aliphatic rings. The Morgan fingerprint density at radius 1 is 1.24 bits per heavy atom. The zero-order chi connectivity index (χ0) is 26.6. The number of nitrogens with zero attached hydrogens (tertiary/aromatic N) is 7. The lowest BCUT2D eigenvalue weighted by molar-refractivity contribution is 0.0946. The number of rotatable bonds is 7. The third kappa shape index (κ3) is 5.04. The van der Waals surface area contributed by atoms with E-state index in [2.05, 4.69) is 26.3 Å². The van der Waals surface area contributed by atoms with Crippen molar-refractivity contribution in [3.63, 3.8) is 0 Å². The molecule has 5 rings (SSSR count). The molecular formula is C27H27FN8O2. The van der Waals surface area contributed by atoms with Crippen LogP contribution in [-0.4, -0.2) is 74.9 Å². The lowest BCUT2D eigenvalue weighted by Crippen LogP contribution is -2.53. The number of hydrogen-bond donors (Lipinski definition) is 2. The minimum Gasteiger partial charge on any atom is -0.392 e. The van der Waals surface area contributed by atoms with Crippen LogP contribution in [-0.2, 0) is 13.2 Å². The standard InChI is InChI=1S/C27H27FN8O2/c1-34-9-10-35(21(13-28)16-34)25-12-23(27(38)31-15-19-6-4-18(14-29)5-7-19)32-24-11-22(33-36(24)25)26-20(17-37)3-2-8-30-26/h2-8,11-12,21,37H,9-10,13,15-17H2,1H3,(H,31,38)/t21-/m1/s1. The molecule has 10 nitrogen and oxygen atoms in total. The van der Waals surface area contributed by atoms with Crippen molar-refractivity contribution in [2.45, 2.75) is 19.2 Å².